The zero-order valence-corrected chi connectivity index (χ0v) is 14.9. The number of ether oxygens (including phenoxy) is 1. The number of hydrogen-bond donors (Lipinski definition) is 1. The Morgan fingerprint density at radius 3 is 2.78 bits per heavy atom. The maximum Gasteiger partial charge on any atom is 0.244 e. The highest BCUT2D eigenvalue weighted by molar-refractivity contribution is 5.91. The molecule has 138 valence electrons. The van der Waals surface area contributed by atoms with Gasteiger partial charge in [0.1, 0.15) is 0 Å². The average Bonchev–Trinajstić information content (AvgIpc) is 3.19. The number of carbonyl (C=O) groups excluding carboxylic acids is 1. The molecule has 0 fully saturated rings. The molecule has 2 aromatic carbocycles. The summed E-state index contributed by atoms with van der Waals surface area (Å²) in [7, 11) is 1.41. The first-order valence-corrected chi connectivity index (χ1v) is 8.47. The minimum Gasteiger partial charge on any atom is -0.494 e. The summed E-state index contributed by atoms with van der Waals surface area (Å²) < 4.78 is 20.5. The van der Waals surface area contributed by atoms with Crippen molar-refractivity contribution in [1.82, 2.24) is 14.9 Å². The van der Waals surface area contributed by atoms with E-state index >= 15 is 0 Å². The Morgan fingerprint density at radius 1 is 1.26 bits per heavy atom. The fraction of sp³-hybridized carbons (Fsp3) is 0.143. The van der Waals surface area contributed by atoms with Crippen LogP contribution in [0.15, 0.2) is 67.3 Å². The van der Waals surface area contributed by atoms with Crippen LogP contribution in [0.1, 0.15) is 16.7 Å². The molecule has 3 rings (SSSR count). The number of halogens is 1. The number of nitrogens with one attached hydrogen (secondary N) is 1. The Kier molecular flexibility index (Phi) is 5.99. The van der Waals surface area contributed by atoms with Crippen molar-refractivity contribution >= 4 is 12.0 Å². The van der Waals surface area contributed by atoms with Gasteiger partial charge in [0.15, 0.2) is 11.6 Å². The Labute approximate surface area is 157 Å². The van der Waals surface area contributed by atoms with Gasteiger partial charge in [0.05, 0.1) is 13.4 Å². The minimum atomic E-state index is -0.464. The van der Waals surface area contributed by atoms with Gasteiger partial charge in [-0.1, -0.05) is 30.3 Å². The zero-order chi connectivity index (χ0) is 19.1. The monoisotopic (exact) mass is 365 g/mol. The number of aromatic nitrogens is 2. The van der Waals surface area contributed by atoms with Gasteiger partial charge in [0.25, 0.3) is 0 Å². The molecule has 6 heteroatoms. The summed E-state index contributed by atoms with van der Waals surface area (Å²) in [6.07, 6.45) is 8.34. The first-order valence-electron chi connectivity index (χ1n) is 8.47. The van der Waals surface area contributed by atoms with Crippen LogP contribution in [-0.2, 0) is 17.9 Å². The molecule has 5 nitrogen and oxygen atoms in total. The Morgan fingerprint density at radius 2 is 2.07 bits per heavy atom. The Bertz CT molecular complexity index is 936. The normalized spacial score (nSPS) is 10.9. The van der Waals surface area contributed by atoms with Crippen molar-refractivity contribution < 1.29 is 13.9 Å². The second-order valence-corrected chi connectivity index (χ2v) is 5.95. The third kappa shape index (κ3) is 5.04. The van der Waals surface area contributed by atoms with Crippen LogP contribution in [0.4, 0.5) is 4.39 Å². The highest BCUT2D eigenvalue weighted by atomic mass is 19.1. The van der Waals surface area contributed by atoms with Crippen LogP contribution in [0.25, 0.3) is 6.08 Å². The van der Waals surface area contributed by atoms with Gasteiger partial charge < -0.3 is 14.6 Å². The van der Waals surface area contributed by atoms with Gasteiger partial charge in [0.2, 0.25) is 5.91 Å². The lowest BCUT2D eigenvalue weighted by molar-refractivity contribution is -0.116. The summed E-state index contributed by atoms with van der Waals surface area (Å²) in [5.74, 6) is -0.539. The van der Waals surface area contributed by atoms with Crippen molar-refractivity contribution in [2.24, 2.45) is 0 Å². The van der Waals surface area contributed by atoms with E-state index in [9.17, 15) is 9.18 Å². The molecule has 0 aliphatic rings. The van der Waals surface area contributed by atoms with Gasteiger partial charge >= 0.3 is 0 Å². The molecule has 1 heterocycles. The molecular weight excluding hydrogens is 345 g/mol. The van der Waals surface area contributed by atoms with Gasteiger partial charge in [0, 0.05) is 31.6 Å². The largest absolute Gasteiger partial charge is 0.494 e. The van der Waals surface area contributed by atoms with E-state index in [-0.39, 0.29) is 11.7 Å². The second-order valence-electron chi connectivity index (χ2n) is 5.95. The van der Waals surface area contributed by atoms with E-state index in [0.29, 0.717) is 18.7 Å². The molecule has 0 atom stereocenters. The predicted octanol–water partition coefficient (Wildman–Crippen LogP) is 3.41. The molecule has 1 amide bonds. The molecule has 0 unspecified atom stereocenters. The highest BCUT2D eigenvalue weighted by Crippen LogP contribution is 2.18. The van der Waals surface area contributed by atoms with Crippen LogP contribution in [0.3, 0.4) is 0 Å². The zero-order valence-electron chi connectivity index (χ0n) is 14.9. The number of nitrogens with zero attached hydrogens (tertiary/aromatic N) is 2. The van der Waals surface area contributed by atoms with E-state index < -0.39 is 5.82 Å². The third-order valence-electron chi connectivity index (χ3n) is 4.09. The summed E-state index contributed by atoms with van der Waals surface area (Å²) >= 11 is 0. The molecule has 27 heavy (non-hydrogen) atoms. The smallest absolute Gasteiger partial charge is 0.244 e. The molecule has 3 aromatic rings. The number of methoxy groups -OCH3 is 1. The highest BCUT2D eigenvalue weighted by Gasteiger charge is 2.05. The van der Waals surface area contributed by atoms with Crippen molar-refractivity contribution in [3.63, 3.8) is 0 Å². The maximum absolute atomic E-state index is 13.7. The topological polar surface area (TPSA) is 56.1 Å². The van der Waals surface area contributed by atoms with E-state index in [1.807, 2.05) is 35.0 Å². The van der Waals surface area contributed by atoms with Crippen LogP contribution in [0, 0.1) is 5.82 Å². The molecule has 1 aromatic heterocycles. The SMILES string of the molecule is COc1ccc(/C=C/C(=O)NCc2ccccc2Cn2ccnc2)cc1F. The molecule has 1 N–H and O–H groups in total. The first kappa shape index (κ1) is 18.4. The van der Waals surface area contributed by atoms with Gasteiger partial charge in [-0.25, -0.2) is 9.37 Å². The molecule has 0 spiro atoms. The number of rotatable bonds is 7. The quantitative estimate of drug-likeness (QED) is 0.653. The van der Waals surface area contributed by atoms with Crippen molar-refractivity contribution in [3.8, 4) is 5.75 Å². The van der Waals surface area contributed by atoms with E-state index in [1.54, 1.807) is 24.7 Å². The molecule has 0 aliphatic carbocycles. The number of hydrogen-bond acceptors (Lipinski definition) is 3. The third-order valence-corrected chi connectivity index (χ3v) is 4.09. The van der Waals surface area contributed by atoms with Crippen molar-refractivity contribution in [3.05, 3.63) is 89.8 Å². The van der Waals surface area contributed by atoms with Crippen LogP contribution in [0.5, 0.6) is 5.75 Å². The average molecular weight is 365 g/mol. The van der Waals surface area contributed by atoms with E-state index in [4.69, 9.17) is 4.74 Å². The molecule has 0 aliphatic heterocycles. The molecular formula is C21H20FN3O2. The molecule has 0 bridgehead atoms. The van der Waals surface area contributed by atoms with Gasteiger partial charge in [-0.2, -0.15) is 0 Å². The number of carbonyl (C=O) groups is 1. The fourth-order valence-electron chi connectivity index (χ4n) is 2.66. The van der Waals surface area contributed by atoms with Crippen molar-refractivity contribution in [1.29, 1.82) is 0 Å². The van der Waals surface area contributed by atoms with Crippen LogP contribution in [-0.4, -0.2) is 22.6 Å². The summed E-state index contributed by atoms with van der Waals surface area (Å²) in [6.45, 7) is 1.10. The lowest BCUT2D eigenvalue weighted by Crippen LogP contribution is -2.21. The van der Waals surface area contributed by atoms with Crippen molar-refractivity contribution in [2.45, 2.75) is 13.1 Å². The lowest BCUT2D eigenvalue weighted by atomic mass is 10.1. The maximum atomic E-state index is 13.7. The fourth-order valence-corrected chi connectivity index (χ4v) is 2.66. The second kappa shape index (κ2) is 8.80. The Hall–Kier alpha value is -3.41. The van der Waals surface area contributed by atoms with Gasteiger partial charge in [-0.05, 0) is 34.9 Å². The number of amides is 1. The first-order chi connectivity index (χ1) is 13.2. The van der Waals surface area contributed by atoms with Crippen LogP contribution < -0.4 is 10.1 Å². The summed E-state index contributed by atoms with van der Waals surface area (Å²) in [4.78, 5) is 16.1. The summed E-state index contributed by atoms with van der Waals surface area (Å²) in [6, 6.07) is 12.4. The van der Waals surface area contributed by atoms with E-state index in [1.165, 1.54) is 25.3 Å². The standard InChI is InChI=1S/C21H20FN3O2/c1-27-20-8-6-16(12-19(20)22)7-9-21(26)24-13-17-4-2-3-5-18(17)14-25-11-10-23-15-25/h2-12,15H,13-14H2,1H3,(H,24,26)/b9-7+. The van der Waals surface area contributed by atoms with Crippen LogP contribution >= 0.6 is 0 Å². The predicted molar refractivity (Wildman–Crippen MR) is 102 cm³/mol. The minimum absolute atomic E-state index is 0.172. The van der Waals surface area contributed by atoms with Crippen LogP contribution in [0.2, 0.25) is 0 Å². The molecule has 0 radical (unpaired) electrons. The summed E-state index contributed by atoms with van der Waals surface area (Å²) in [5, 5.41) is 2.86. The molecule has 0 saturated heterocycles. The number of imidazole rings is 1. The lowest BCUT2D eigenvalue weighted by Gasteiger charge is -2.10. The number of benzene rings is 2. The van der Waals surface area contributed by atoms with Crippen molar-refractivity contribution in [2.75, 3.05) is 7.11 Å². The van der Waals surface area contributed by atoms with Gasteiger partial charge in [-0.3, -0.25) is 4.79 Å². The summed E-state index contributed by atoms with van der Waals surface area (Å²) in [5.41, 5.74) is 2.73. The van der Waals surface area contributed by atoms with Gasteiger partial charge in [-0.15, -0.1) is 0 Å². The molecule has 0 saturated carbocycles. The van der Waals surface area contributed by atoms with E-state index in [0.717, 1.165) is 11.1 Å². The Balaban J connectivity index is 1.60. The van der Waals surface area contributed by atoms with E-state index in [2.05, 4.69) is 10.3 Å².